The average molecular weight is 344 g/mol. The second-order valence-corrected chi connectivity index (χ2v) is 6.38. The molecule has 0 aliphatic heterocycles. The number of aryl methyl sites for hydroxylation is 1. The van der Waals surface area contributed by atoms with Crippen LogP contribution in [0.25, 0.3) is 0 Å². The van der Waals surface area contributed by atoms with Gasteiger partial charge in [-0.3, -0.25) is 0 Å². The second-order valence-electron chi connectivity index (χ2n) is 6.38. The molecule has 1 saturated carbocycles. The number of aromatic nitrogens is 4. The van der Waals surface area contributed by atoms with Crippen LogP contribution in [0.5, 0.6) is 5.88 Å². The molecule has 8 heteroatoms. The van der Waals surface area contributed by atoms with Crippen molar-refractivity contribution in [2.75, 3.05) is 0 Å². The van der Waals surface area contributed by atoms with E-state index in [9.17, 15) is 4.79 Å². The predicted octanol–water partition coefficient (Wildman–Crippen LogP) is 2.09. The number of amides is 2. The molecule has 134 valence electrons. The van der Waals surface area contributed by atoms with Gasteiger partial charge in [0.2, 0.25) is 5.88 Å². The molecule has 2 heterocycles. The summed E-state index contributed by atoms with van der Waals surface area (Å²) in [4.78, 5) is 16.3. The largest absolute Gasteiger partial charge is 0.474 e. The number of nitrogens with one attached hydrogen (secondary N) is 2. The molecule has 2 aromatic heterocycles. The van der Waals surface area contributed by atoms with Gasteiger partial charge in [-0.1, -0.05) is 0 Å². The van der Waals surface area contributed by atoms with Gasteiger partial charge in [0.1, 0.15) is 12.4 Å². The molecule has 0 radical (unpaired) electrons. The lowest BCUT2D eigenvalue weighted by Crippen LogP contribution is -2.37. The van der Waals surface area contributed by atoms with Crippen LogP contribution in [0.2, 0.25) is 0 Å². The van der Waals surface area contributed by atoms with Gasteiger partial charge in [-0.15, -0.1) is 10.2 Å². The Morgan fingerprint density at radius 2 is 2.24 bits per heavy atom. The molecule has 1 fully saturated rings. The summed E-state index contributed by atoms with van der Waals surface area (Å²) < 4.78 is 7.67. The Balaban J connectivity index is 1.49. The summed E-state index contributed by atoms with van der Waals surface area (Å²) in [6.45, 7) is 2.27. The van der Waals surface area contributed by atoms with Gasteiger partial charge < -0.3 is 19.9 Å². The molecule has 8 nitrogen and oxygen atoms in total. The first-order chi connectivity index (χ1) is 12.1. The van der Waals surface area contributed by atoms with Crippen molar-refractivity contribution in [2.24, 2.45) is 7.05 Å². The molecule has 1 unspecified atom stereocenters. The molecule has 1 aliphatic carbocycles. The van der Waals surface area contributed by atoms with Crippen molar-refractivity contribution < 1.29 is 9.53 Å². The monoisotopic (exact) mass is 344 g/mol. The maximum atomic E-state index is 12.1. The highest BCUT2D eigenvalue weighted by molar-refractivity contribution is 5.74. The fraction of sp³-hybridized carbons (Fsp3) is 0.529. The van der Waals surface area contributed by atoms with Crippen molar-refractivity contribution in [2.45, 2.75) is 51.3 Å². The molecule has 25 heavy (non-hydrogen) atoms. The van der Waals surface area contributed by atoms with E-state index in [1.54, 1.807) is 17.1 Å². The first kappa shape index (κ1) is 17.2. The molecule has 0 aromatic carbocycles. The first-order valence-electron chi connectivity index (χ1n) is 8.61. The van der Waals surface area contributed by atoms with Crippen LogP contribution in [-0.4, -0.2) is 31.9 Å². The molecule has 1 atom stereocenters. The summed E-state index contributed by atoms with van der Waals surface area (Å²) >= 11 is 0. The summed E-state index contributed by atoms with van der Waals surface area (Å²) in [6.07, 6.45) is 8.20. The van der Waals surface area contributed by atoms with E-state index >= 15 is 0 Å². The van der Waals surface area contributed by atoms with Gasteiger partial charge in [0.05, 0.1) is 6.04 Å². The van der Waals surface area contributed by atoms with E-state index < -0.39 is 0 Å². The van der Waals surface area contributed by atoms with E-state index in [-0.39, 0.29) is 18.2 Å². The Morgan fingerprint density at radius 3 is 2.96 bits per heavy atom. The van der Waals surface area contributed by atoms with Crippen LogP contribution < -0.4 is 15.4 Å². The van der Waals surface area contributed by atoms with E-state index in [2.05, 4.69) is 25.8 Å². The quantitative estimate of drug-likeness (QED) is 0.837. The van der Waals surface area contributed by atoms with Gasteiger partial charge >= 0.3 is 6.03 Å². The van der Waals surface area contributed by atoms with Crippen LogP contribution in [0.3, 0.4) is 0 Å². The Morgan fingerprint density at radius 1 is 1.44 bits per heavy atom. The van der Waals surface area contributed by atoms with Crippen LogP contribution in [0.1, 0.15) is 50.0 Å². The molecule has 2 aromatic rings. The lowest BCUT2D eigenvalue weighted by Gasteiger charge is -2.15. The molecule has 0 saturated heterocycles. The third-order valence-corrected chi connectivity index (χ3v) is 4.32. The number of rotatable bonds is 6. The van der Waals surface area contributed by atoms with Gasteiger partial charge in [-0.25, -0.2) is 9.78 Å². The summed E-state index contributed by atoms with van der Waals surface area (Å²) in [6, 6.07) is 3.26. The molecule has 3 rings (SSSR count). The summed E-state index contributed by atoms with van der Waals surface area (Å²) in [5, 5.41) is 13.5. The van der Waals surface area contributed by atoms with Crippen molar-refractivity contribution in [1.82, 2.24) is 30.4 Å². The van der Waals surface area contributed by atoms with Gasteiger partial charge in [0, 0.05) is 25.9 Å². The molecule has 2 N–H and O–H groups in total. The second kappa shape index (κ2) is 7.96. The van der Waals surface area contributed by atoms with Gasteiger partial charge in [0.25, 0.3) is 0 Å². The predicted molar refractivity (Wildman–Crippen MR) is 91.9 cm³/mol. The number of nitrogens with zero attached hydrogens (tertiary/aromatic N) is 4. The summed E-state index contributed by atoms with van der Waals surface area (Å²) in [7, 11) is 1.84. The van der Waals surface area contributed by atoms with Gasteiger partial charge in [-0.2, -0.15) is 0 Å². The van der Waals surface area contributed by atoms with Crippen LogP contribution >= 0.6 is 0 Å². The van der Waals surface area contributed by atoms with Crippen LogP contribution in [0.15, 0.2) is 24.7 Å². The van der Waals surface area contributed by atoms with Crippen molar-refractivity contribution in [3.8, 4) is 5.88 Å². The van der Waals surface area contributed by atoms with E-state index in [1.807, 2.05) is 26.1 Å². The molecule has 0 spiro atoms. The fourth-order valence-corrected chi connectivity index (χ4v) is 2.98. The molecular formula is C17H24N6O2. The minimum Gasteiger partial charge on any atom is -0.474 e. The van der Waals surface area contributed by atoms with Crippen LogP contribution in [-0.2, 0) is 13.6 Å². The number of urea groups is 1. The minimum absolute atomic E-state index is 0.230. The summed E-state index contributed by atoms with van der Waals surface area (Å²) in [5.74, 6) is 1.32. The van der Waals surface area contributed by atoms with Crippen molar-refractivity contribution in [1.29, 1.82) is 0 Å². The van der Waals surface area contributed by atoms with Gasteiger partial charge in [-0.05, 0) is 44.2 Å². The minimum atomic E-state index is -0.259. The Bertz CT molecular complexity index is 711. The SMILES string of the molecule is CC(NC(=O)NCc1ccnc(OC2CCCC2)c1)c1nncn1C. The summed E-state index contributed by atoms with van der Waals surface area (Å²) in [5.41, 5.74) is 0.949. The number of hydrogen-bond acceptors (Lipinski definition) is 5. The number of carbonyl (C=O) groups excluding carboxylic acids is 1. The number of ether oxygens (including phenoxy) is 1. The molecule has 2 amide bonds. The topological polar surface area (TPSA) is 94.0 Å². The standard InChI is InChI=1S/C17H24N6O2/c1-12(16-22-20-11-23(16)2)21-17(24)19-10-13-7-8-18-15(9-13)25-14-5-3-4-6-14/h7-9,11-12,14H,3-6,10H2,1-2H3,(H2,19,21,24). The lowest BCUT2D eigenvalue weighted by molar-refractivity contribution is 0.201. The Kier molecular flexibility index (Phi) is 5.47. The third kappa shape index (κ3) is 4.68. The van der Waals surface area contributed by atoms with Gasteiger partial charge in [0.15, 0.2) is 5.82 Å². The van der Waals surface area contributed by atoms with E-state index in [0.717, 1.165) is 18.4 Å². The zero-order chi connectivity index (χ0) is 17.6. The highest BCUT2D eigenvalue weighted by Crippen LogP contribution is 2.23. The van der Waals surface area contributed by atoms with Crippen molar-refractivity contribution in [3.63, 3.8) is 0 Å². The smallest absolute Gasteiger partial charge is 0.315 e. The Labute approximate surface area is 147 Å². The third-order valence-electron chi connectivity index (χ3n) is 4.32. The van der Waals surface area contributed by atoms with Crippen molar-refractivity contribution >= 4 is 6.03 Å². The van der Waals surface area contributed by atoms with E-state index in [0.29, 0.717) is 18.2 Å². The Hall–Kier alpha value is -2.64. The van der Waals surface area contributed by atoms with E-state index in [1.165, 1.54) is 12.8 Å². The zero-order valence-corrected chi connectivity index (χ0v) is 14.6. The van der Waals surface area contributed by atoms with Crippen molar-refractivity contribution in [3.05, 3.63) is 36.0 Å². The average Bonchev–Trinajstić information content (AvgIpc) is 3.25. The number of carbonyl (C=O) groups is 1. The zero-order valence-electron chi connectivity index (χ0n) is 14.6. The number of pyridine rings is 1. The van der Waals surface area contributed by atoms with E-state index in [4.69, 9.17) is 4.74 Å². The fourth-order valence-electron chi connectivity index (χ4n) is 2.98. The molecular weight excluding hydrogens is 320 g/mol. The highest BCUT2D eigenvalue weighted by Gasteiger charge is 2.17. The highest BCUT2D eigenvalue weighted by atomic mass is 16.5. The maximum Gasteiger partial charge on any atom is 0.315 e. The first-order valence-corrected chi connectivity index (χ1v) is 8.61. The molecule has 1 aliphatic rings. The maximum absolute atomic E-state index is 12.1. The van der Waals surface area contributed by atoms with Crippen LogP contribution in [0, 0.1) is 0 Å². The van der Waals surface area contributed by atoms with Crippen LogP contribution in [0.4, 0.5) is 4.79 Å². The lowest BCUT2D eigenvalue weighted by atomic mass is 10.2. The molecule has 0 bridgehead atoms. The normalized spacial score (nSPS) is 15.8. The number of hydrogen-bond donors (Lipinski definition) is 2.